The van der Waals surface area contributed by atoms with E-state index >= 15 is 0 Å². The molecule has 2 fully saturated rings. The lowest BCUT2D eigenvalue weighted by molar-refractivity contribution is -0.138. The zero-order valence-corrected chi connectivity index (χ0v) is 15.6. The summed E-state index contributed by atoms with van der Waals surface area (Å²) in [5.74, 6) is 1.00. The van der Waals surface area contributed by atoms with E-state index in [1.807, 2.05) is 21.6 Å². The fourth-order valence-electron chi connectivity index (χ4n) is 5.02. The van der Waals surface area contributed by atoms with E-state index in [0.29, 0.717) is 38.6 Å². The largest absolute Gasteiger partial charge is 0.467 e. The van der Waals surface area contributed by atoms with Gasteiger partial charge >= 0.3 is 0 Å². The number of hydrogen-bond donors (Lipinski definition) is 0. The number of piperidine rings is 1. The molecule has 5 rings (SSSR count). The minimum atomic E-state index is -0.292. The number of likely N-dealkylation sites (tertiary alicyclic amines) is 2. The molecule has 3 atom stereocenters. The van der Waals surface area contributed by atoms with Gasteiger partial charge in [-0.05, 0) is 30.5 Å². The van der Waals surface area contributed by atoms with Crippen LogP contribution in [0.4, 0.5) is 0 Å². The Bertz CT molecular complexity index is 964. The number of rotatable bonds is 3. The van der Waals surface area contributed by atoms with Gasteiger partial charge in [0.1, 0.15) is 5.76 Å². The SMILES string of the molecule is O=C1C[C@H](C(=O)N2C[C@H]3C[C@@H](C2)c2cccc(=O)n2C3)CN1Cc1ccco1. The summed E-state index contributed by atoms with van der Waals surface area (Å²) in [5, 5.41) is 0. The number of hydrogen-bond acceptors (Lipinski definition) is 4. The molecule has 0 saturated carbocycles. The van der Waals surface area contributed by atoms with E-state index in [4.69, 9.17) is 4.42 Å². The molecular formula is C21H23N3O4. The first-order valence-corrected chi connectivity index (χ1v) is 9.87. The molecule has 2 bridgehead atoms. The second kappa shape index (κ2) is 6.65. The van der Waals surface area contributed by atoms with Gasteiger partial charge in [-0.15, -0.1) is 0 Å². The van der Waals surface area contributed by atoms with Crippen molar-refractivity contribution in [2.75, 3.05) is 19.6 Å². The minimum Gasteiger partial charge on any atom is -0.467 e. The molecule has 3 aliphatic rings. The van der Waals surface area contributed by atoms with Crippen LogP contribution in [0.15, 0.2) is 45.8 Å². The van der Waals surface area contributed by atoms with Gasteiger partial charge in [-0.3, -0.25) is 14.4 Å². The third kappa shape index (κ3) is 2.95. The molecule has 0 unspecified atom stereocenters. The van der Waals surface area contributed by atoms with Gasteiger partial charge in [0, 0.05) is 50.3 Å². The van der Waals surface area contributed by atoms with Crippen LogP contribution in [0.3, 0.4) is 0 Å². The Hall–Kier alpha value is -2.83. The second-order valence-electron chi connectivity index (χ2n) is 8.20. The molecular weight excluding hydrogens is 358 g/mol. The zero-order chi connectivity index (χ0) is 19.3. The quantitative estimate of drug-likeness (QED) is 0.806. The van der Waals surface area contributed by atoms with Crippen LogP contribution in [0.1, 0.15) is 30.2 Å². The van der Waals surface area contributed by atoms with Crippen molar-refractivity contribution < 1.29 is 14.0 Å². The van der Waals surface area contributed by atoms with E-state index in [-0.39, 0.29) is 35.6 Å². The lowest BCUT2D eigenvalue weighted by Gasteiger charge is -2.43. The Kier molecular flexibility index (Phi) is 4.10. The first kappa shape index (κ1) is 17.3. The Balaban J connectivity index is 1.29. The number of nitrogens with zero attached hydrogens (tertiary/aromatic N) is 3. The molecule has 2 saturated heterocycles. The lowest BCUT2D eigenvalue weighted by Crippen LogP contribution is -2.50. The molecule has 0 N–H and O–H groups in total. The van der Waals surface area contributed by atoms with Gasteiger partial charge in [0.2, 0.25) is 11.8 Å². The Morgan fingerprint density at radius 2 is 1.96 bits per heavy atom. The summed E-state index contributed by atoms with van der Waals surface area (Å²) >= 11 is 0. The molecule has 7 heteroatoms. The van der Waals surface area contributed by atoms with Crippen LogP contribution in [0.2, 0.25) is 0 Å². The molecule has 0 spiro atoms. The first-order valence-electron chi connectivity index (χ1n) is 9.87. The van der Waals surface area contributed by atoms with Crippen molar-refractivity contribution in [2.24, 2.45) is 11.8 Å². The highest BCUT2D eigenvalue weighted by molar-refractivity contribution is 5.89. The maximum absolute atomic E-state index is 13.2. The summed E-state index contributed by atoms with van der Waals surface area (Å²) < 4.78 is 7.20. The molecule has 0 radical (unpaired) electrons. The molecule has 2 aromatic heterocycles. The third-order valence-electron chi connectivity index (χ3n) is 6.28. The van der Waals surface area contributed by atoms with Gasteiger partial charge in [-0.1, -0.05) is 6.07 Å². The van der Waals surface area contributed by atoms with Gasteiger partial charge in [-0.25, -0.2) is 0 Å². The van der Waals surface area contributed by atoms with Crippen molar-refractivity contribution >= 4 is 11.8 Å². The first-order chi connectivity index (χ1) is 13.6. The maximum Gasteiger partial charge on any atom is 0.250 e. The molecule has 146 valence electrons. The van der Waals surface area contributed by atoms with Gasteiger partial charge in [0.15, 0.2) is 0 Å². The van der Waals surface area contributed by atoms with Crippen molar-refractivity contribution in [3.8, 4) is 0 Å². The standard InChI is InChI=1S/C21H23N3O4/c25-19-5-1-4-18-15-7-14(10-24(18)19)9-23(11-15)21(27)16-8-20(26)22(12-16)13-17-3-2-6-28-17/h1-6,14-16H,7-13H2/t14-,15+,16+/m1/s1. The van der Waals surface area contributed by atoms with Crippen molar-refractivity contribution in [3.63, 3.8) is 0 Å². The fraction of sp³-hybridized carbons (Fsp3) is 0.476. The summed E-state index contributed by atoms with van der Waals surface area (Å²) in [7, 11) is 0. The maximum atomic E-state index is 13.2. The summed E-state index contributed by atoms with van der Waals surface area (Å²) in [6.45, 7) is 2.82. The van der Waals surface area contributed by atoms with Crippen molar-refractivity contribution in [3.05, 3.63) is 58.4 Å². The van der Waals surface area contributed by atoms with Gasteiger partial charge in [0.25, 0.3) is 5.56 Å². The number of aromatic nitrogens is 1. The van der Waals surface area contributed by atoms with Gasteiger partial charge in [-0.2, -0.15) is 0 Å². The average molecular weight is 381 g/mol. The molecule has 28 heavy (non-hydrogen) atoms. The number of carbonyl (C=O) groups excluding carboxylic acids is 2. The second-order valence-corrected chi connectivity index (χ2v) is 8.20. The third-order valence-corrected chi connectivity index (χ3v) is 6.28. The van der Waals surface area contributed by atoms with Crippen LogP contribution in [-0.2, 0) is 22.7 Å². The van der Waals surface area contributed by atoms with Crippen LogP contribution in [0.5, 0.6) is 0 Å². The van der Waals surface area contributed by atoms with E-state index in [2.05, 4.69) is 0 Å². The van der Waals surface area contributed by atoms with E-state index in [1.54, 1.807) is 29.4 Å². The van der Waals surface area contributed by atoms with E-state index in [0.717, 1.165) is 17.9 Å². The Morgan fingerprint density at radius 1 is 1.07 bits per heavy atom. The normalized spacial score (nSPS) is 26.4. The molecule has 5 heterocycles. The highest BCUT2D eigenvalue weighted by Gasteiger charge is 2.41. The fourth-order valence-corrected chi connectivity index (χ4v) is 5.02. The number of pyridine rings is 1. The Morgan fingerprint density at radius 3 is 2.79 bits per heavy atom. The molecule has 2 aromatic rings. The number of amides is 2. The highest BCUT2D eigenvalue weighted by Crippen LogP contribution is 2.36. The van der Waals surface area contributed by atoms with Crippen LogP contribution in [0.25, 0.3) is 0 Å². The van der Waals surface area contributed by atoms with E-state index in [1.165, 1.54) is 0 Å². The van der Waals surface area contributed by atoms with Crippen molar-refractivity contribution in [2.45, 2.75) is 31.8 Å². The monoisotopic (exact) mass is 381 g/mol. The predicted molar refractivity (Wildman–Crippen MR) is 100 cm³/mol. The molecule has 3 aliphatic heterocycles. The Labute approximate surface area is 162 Å². The van der Waals surface area contributed by atoms with Crippen LogP contribution in [-0.4, -0.2) is 45.8 Å². The van der Waals surface area contributed by atoms with E-state index < -0.39 is 0 Å². The highest BCUT2D eigenvalue weighted by atomic mass is 16.3. The summed E-state index contributed by atoms with van der Waals surface area (Å²) in [6.07, 6.45) is 2.87. The van der Waals surface area contributed by atoms with Crippen LogP contribution in [0, 0.1) is 11.8 Å². The number of furan rings is 1. The van der Waals surface area contributed by atoms with Gasteiger partial charge in [0.05, 0.1) is 18.7 Å². The molecule has 0 aromatic carbocycles. The van der Waals surface area contributed by atoms with Gasteiger partial charge < -0.3 is 18.8 Å². The smallest absolute Gasteiger partial charge is 0.250 e. The summed E-state index contributed by atoms with van der Waals surface area (Å²) in [6, 6.07) is 9.05. The molecule has 7 nitrogen and oxygen atoms in total. The number of carbonyl (C=O) groups is 2. The minimum absolute atomic E-state index is 0.00357. The zero-order valence-electron chi connectivity index (χ0n) is 15.6. The molecule has 2 amide bonds. The average Bonchev–Trinajstić information content (AvgIpc) is 3.32. The number of fused-ring (bicyclic) bond motifs is 4. The summed E-state index contributed by atoms with van der Waals surface area (Å²) in [5.41, 5.74) is 1.07. The van der Waals surface area contributed by atoms with Crippen LogP contribution < -0.4 is 5.56 Å². The molecule has 0 aliphatic carbocycles. The van der Waals surface area contributed by atoms with Crippen LogP contribution >= 0.6 is 0 Å². The van der Waals surface area contributed by atoms with Crippen molar-refractivity contribution in [1.82, 2.24) is 14.4 Å². The van der Waals surface area contributed by atoms with E-state index in [9.17, 15) is 14.4 Å². The lowest BCUT2D eigenvalue weighted by atomic mass is 9.82. The summed E-state index contributed by atoms with van der Waals surface area (Å²) in [4.78, 5) is 41.3. The predicted octanol–water partition coefficient (Wildman–Crippen LogP) is 1.44. The van der Waals surface area contributed by atoms with Crippen molar-refractivity contribution in [1.29, 1.82) is 0 Å². The topological polar surface area (TPSA) is 75.8 Å².